The summed E-state index contributed by atoms with van der Waals surface area (Å²) in [6.07, 6.45) is 0. The van der Waals surface area contributed by atoms with E-state index in [1.807, 2.05) is 0 Å². The molecule has 2 N–H and O–H groups in total. The lowest BCUT2D eigenvalue weighted by Crippen LogP contribution is -2.14. The number of nitro groups is 2. The molecule has 2 amide bonds. The van der Waals surface area contributed by atoms with Gasteiger partial charge in [-0.05, 0) is 36.4 Å². The Kier molecular flexibility index (Phi) is 5.78. The van der Waals surface area contributed by atoms with E-state index in [0.717, 1.165) is 6.07 Å². The molecule has 150 valence electrons. The van der Waals surface area contributed by atoms with Gasteiger partial charge in [-0.25, -0.2) is 0 Å². The van der Waals surface area contributed by atoms with Gasteiger partial charge in [0.05, 0.1) is 9.85 Å². The quantitative estimate of drug-likeness (QED) is 0.467. The fourth-order valence-electron chi connectivity index (χ4n) is 2.57. The molecular formula is C20H14N4O6. The largest absolute Gasteiger partial charge is 0.322 e. The third-order valence-corrected chi connectivity index (χ3v) is 4.04. The Labute approximate surface area is 169 Å². The number of anilines is 2. The van der Waals surface area contributed by atoms with E-state index >= 15 is 0 Å². The number of nitrogens with zero attached hydrogens (tertiary/aromatic N) is 2. The Balaban J connectivity index is 1.71. The van der Waals surface area contributed by atoms with Crippen LogP contribution >= 0.6 is 0 Å². The Morgan fingerprint density at radius 3 is 1.77 bits per heavy atom. The van der Waals surface area contributed by atoms with Gasteiger partial charge in [0.25, 0.3) is 23.2 Å². The predicted molar refractivity (Wildman–Crippen MR) is 109 cm³/mol. The minimum atomic E-state index is -0.597. The van der Waals surface area contributed by atoms with Crippen molar-refractivity contribution in [2.24, 2.45) is 0 Å². The Morgan fingerprint density at radius 2 is 1.17 bits per heavy atom. The highest BCUT2D eigenvalue weighted by Crippen LogP contribution is 2.19. The first-order valence-corrected chi connectivity index (χ1v) is 8.55. The zero-order chi connectivity index (χ0) is 21.7. The van der Waals surface area contributed by atoms with Crippen LogP contribution in [0, 0.1) is 20.2 Å². The molecule has 30 heavy (non-hydrogen) atoms. The minimum absolute atomic E-state index is 0.0983. The van der Waals surface area contributed by atoms with E-state index in [1.54, 1.807) is 12.1 Å². The molecule has 0 saturated heterocycles. The average Bonchev–Trinajstić information content (AvgIpc) is 2.74. The number of rotatable bonds is 6. The fourth-order valence-corrected chi connectivity index (χ4v) is 2.57. The van der Waals surface area contributed by atoms with Crippen LogP contribution in [0.3, 0.4) is 0 Å². The SMILES string of the molecule is O=C(Nc1ccc([N+](=O)[O-])cc1)c1cccc(NC(=O)c2cccc([N+](=O)[O-])c2)c1. The number of nitro benzene ring substituents is 2. The molecule has 0 unspecified atom stereocenters. The number of carbonyl (C=O) groups excluding carboxylic acids is 2. The smallest absolute Gasteiger partial charge is 0.270 e. The number of amides is 2. The summed E-state index contributed by atoms with van der Waals surface area (Å²) >= 11 is 0. The summed E-state index contributed by atoms with van der Waals surface area (Å²) in [4.78, 5) is 45.2. The van der Waals surface area contributed by atoms with Crippen LogP contribution in [-0.4, -0.2) is 21.7 Å². The molecule has 10 heteroatoms. The predicted octanol–water partition coefficient (Wildman–Crippen LogP) is 4.01. The highest BCUT2D eigenvalue weighted by molar-refractivity contribution is 6.07. The summed E-state index contributed by atoms with van der Waals surface area (Å²) in [6.45, 7) is 0. The van der Waals surface area contributed by atoms with Gasteiger partial charge in [-0.3, -0.25) is 29.8 Å². The standard InChI is InChI=1S/C20H14N4O6/c25-19(21-15-7-9-17(10-8-15)23(27)28)13-3-1-5-16(11-13)22-20(26)14-4-2-6-18(12-14)24(29)30/h1-12H,(H,21,25)(H,22,26). The third kappa shape index (κ3) is 4.81. The number of hydrogen-bond acceptors (Lipinski definition) is 6. The first-order chi connectivity index (χ1) is 14.3. The highest BCUT2D eigenvalue weighted by atomic mass is 16.6. The van der Waals surface area contributed by atoms with Crippen LogP contribution in [0.4, 0.5) is 22.7 Å². The van der Waals surface area contributed by atoms with Gasteiger partial charge in [0.15, 0.2) is 0 Å². The molecule has 0 fully saturated rings. The number of nitrogens with one attached hydrogen (secondary N) is 2. The molecular weight excluding hydrogens is 392 g/mol. The van der Waals surface area contributed by atoms with Crippen molar-refractivity contribution in [2.75, 3.05) is 10.6 Å². The molecule has 0 bridgehead atoms. The second kappa shape index (κ2) is 8.61. The van der Waals surface area contributed by atoms with E-state index in [4.69, 9.17) is 0 Å². The molecule has 0 spiro atoms. The van der Waals surface area contributed by atoms with Crippen molar-refractivity contribution in [1.82, 2.24) is 0 Å². The molecule has 3 aromatic rings. The second-order valence-corrected chi connectivity index (χ2v) is 6.10. The van der Waals surface area contributed by atoms with Crippen LogP contribution in [0.2, 0.25) is 0 Å². The van der Waals surface area contributed by atoms with E-state index in [9.17, 15) is 29.8 Å². The van der Waals surface area contributed by atoms with Crippen LogP contribution in [0.15, 0.2) is 72.8 Å². The lowest BCUT2D eigenvalue weighted by molar-refractivity contribution is -0.385. The van der Waals surface area contributed by atoms with Crippen molar-refractivity contribution in [3.05, 3.63) is 104 Å². The van der Waals surface area contributed by atoms with Crippen molar-refractivity contribution in [3.8, 4) is 0 Å². The maximum atomic E-state index is 12.4. The average molecular weight is 406 g/mol. The van der Waals surface area contributed by atoms with Gasteiger partial charge < -0.3 is 10.6 Å². The highest BCUT2D eigenvalue weighted by Gasteiger charge is 2.13. The minimum Gasteiger partial charge on any atom is -0.322 e. The fraction of sp³-hybridized carbons (Fsp3) is 0. The van der Waals surface area contributed by atoms with Crippen molar-refractivity contribution < 1.29 is 19.4 Å². The van der Waals surface area contributed by atoms with Gasteiger partial charge in [-0.15, -0.1) is 0 Å². The monoisotopic (exact) mass is 406 g/mol. The van der Waals surface area contributed by atoms with E-state index in [1.165, 1.54) is 54.6 Å². The Bertz CT molecular complexity index is 1140. The molecule has 10 nitrogen and oxygen atoms in total. The topological polar surface area (TPSA) is 144 Å². The molecule has 0 aliphatic rings. The zero-order valence-electron chi connectivity index (χ0n) is 15.3. The van der Waals surface area contributed by atoms with Crippen LogP contribution < -0.4 is 10.6 Å². The van der Waals surface area contributed by atoms with E-state index < -0.39 is 21.7 Å². The van der Waals surface area contributed by atoms with Gasteiger partial charge in [-0.2, -0.15) is 0 Å². The summed E-state index contributed by atoms with van der Waals surface area (Å²) in [5.74, 6) is -1.04. The number of carbonyl (C=O) groups is 2. The molecule has 0 radical (unpaired) electrons. The van der Waals surface area contributed by atoms with Crippen molar-refractivity contribution >= 4 is 34.6 Å². The van der Waals surface area contributed by atoms with Crippen LogP contribution in [0.25, 0.3) is 0 Å². The van der Waals surface area contributed by atoms with E-state index in [-0.39, 0.29) is 22.5 Å². The van der Waals surface area contributed by atoms with Crippen LogP contribution in [-0.2, 0) is 0 Å². The molecule has 0 atom stereocenters. The first-order valence-electron chi connectivity index (χ1n) is 8.55. The Morgan fingerprint density at radius 1 is 0.633 bits per heavy atom. The molecule has 0 aromatic heterocycles. The molecule has 0 saturated carbocycles. The van der Waals surface area contributed by atoms with Gasteiger partial charge in [0.1, 0.15) is 0 Å². The first kappa shape index (κ1) is 20.1. The van der Waals surface area contributed by atoms with Gasteiger partial charge in [0, 0.05) is 46.8 Å². The number of hydrogen-bond donors (Lipinski definition) is 2. The molecule has 3 aromatic carbocycles. The third-order valence-electron chi connectivity index (χ3n) is 4.04. The van der Waals surface area contributed by atoms with Crippen LogP contribution in [0.1, 0.15) is 20.7 Å². The Hall–Kier alpha value is -4.60. The van der Waals surface area contributed by atoms with Crippen molar-refractivity contribution in [1.29, 1.82) is 0 Å². The van der Waals surface area contributed by atoms with Crippen molar-refractivity contribution in [2.45, 2.75) is 0 Å². The van der Waals surface area contributed by atoms with Crippen LogP contribution in [0.5, 0.6) is 0 Å². The number of non-ortho nitro benzene ring substituents is 2. The summed E-state index contributed by atoms with van der Waals surface area (Å²) < 4.78 is 0. The second-order valence-electron chi connectivity index (χ2n) is 6.10. The number of benzene rings is 3. The maximum absolute atomic E-state index is 12.4. The summed E-state index contributed by atoms with van der Waals surface area (Å²) in [6, 6.07) is 16.7. The van der Waals surface area contributed by atoms with Gasteiger partial charge in [0.2, 0.25) is 0 Å². The van der Waals surface area contributed by atoms with Crippen molar-refractivity contribution in [3.63, 3.8) is 0 Å². The molecule has 0 aliphatic carbocycles. The van der Waals surface area contributed by atoms with Gasteiger partial charge in [-0.1, -0.05) is 12.1 Å². The summed E-state index contributed by atoms with van der Waals surface area (Å²) in [5.41, 5.74) is 0.729. The molecule has 0 heterocycles. The van der Waals surface area contributed by atoms with Gasteiger partial charge >= 0.3 is 0 Å². The lowest BCUT2D eigenvalue weighted by Gasteiger charge is -2.08. The van der Waals surface area contributed by atoms with E-state index in [0.29, 0.717) is 11.4 Å². The van der Waals surface area contributed by atoms with E-state index in [2.05, 4.69) is 10.6 Å². The summed E-state index contributed by atoms with van der Waals surface area (Å²) in [5, 5.41) is 26.7. The molecule has 0 aliphatic heterocycles. The zero-order valence-corrected chi connectivity index (χ0v) is 15.3. The normalized spacial score (nSPS) is 10.1. The lowest BCUT2D eigenvalue weighted by atomic mass is 10.1. The molecule has 3 rings (SSSR count). The summed E-state index contributed by atoms with van der Waals surface area (Å²) in [7, 11) is 0. The maximum Gasteiger partial charge on any atom is 0.270 e.